The van der Waals surface area contributed by atoms with E-state index in [1.54, 1.807) is 24.3 Å². The van der Waals surface area contributed by atoms with Gasteiger partial charge < -0.3 is 14.8 Å². The number of carbonyl (C=O) groups is 1. The number of benzene rings is 1. The molecule has 0 aliphatic carbocycles. The molecule has 1 amide bonds. The first-order valence-corrected chi connectivity index (χ1v) is 5.38. The van der Waals surface area contributed by atoms with E-state index in [-0.39, 0.29) is 17.4 Å². The molecule has 0 saturated carbocycles. The lowest BCUT2D eigenvalue weighted by molar-refractivity contribution is 0.0995. The molecule has 4 nitrogen and oxygen atoms in total. The largest absolute Gasteiger partial charge is 0.508 e. The van der Waals surface area contributed by atoms with Crippen LogP contribution in [0.3, 0.4) is 0 Å². The van der Waals surface area contributed by atoms with Gasteiger partial charge in [0.25, 0.3) is 5.91 Å². The molecule has 0 bridgehead atoms. The second-order valence-corrected chi connectivity index (χ2v) is 3.62. The van der Waals surface area contributed by atoms with E-state index in [1.165, 1.54) is 12.1 Å². The van der Waals surface area contributed by atoms with Gasteiger partial charge in [0.15, 0.2) is 5.76 Å². The maximum absolute atomic E-state index is 11.8. The number of carbonyl (C=O) groups excluding carboxylic acids is 1. The molecular formula is C13H13NO3. The van der Waals surface area contributed by atoms with E-state index in [2.05, 4.69) is 5.32 Å². The summed E-state index contributed by atoms with van der Waals surface area (Å²) in [5, 5.41) is 11.8. The number of phenols is 1. The third-order valence-electron chi connectivity index (χ3n) is 2.36. The Morgan fingerprint density at radius 1 is 1.24 bits per heavy atom. The van der Waals surface area contributed by atoms with E-state index in [9.17, 15) is 4.79 Å². The number of anilines is 1. The van der Waals surface area contributed by atoms with E-state index in [1.807, 2.05) is 6.92 Å². The van der Waals surface area contributed by atoms with Crippen molar-refractivity contribution >= 4 is 11.6 Å². The van der Waals surface area contributed by atoms with Crippen molar-refractivity contribution in [2.24, 2.45) is 0 Å². The van der Waals surface area contributed by atoms with Crippen molar-refractivity contribution in [3.8, 4) is 5.75 Å². The number of phenolic OH excluding ortho intramolecular Hbond substituents is 1. The van der Waals surface area contributed by atoms with Gasteiger partial charge in [-0.15, -0.1) is 0 Å². The third-order valence-corrected chi connectivity index (χ3v) is 2.36. The molecule has 0 saturated heterocycles. The van der Waals surface area contributed by atoms with Gasteiger partial charge in [0.2, 0.25) is 0 Å². The van der Waals surface area contributed by atoms with Crippen molar-refractivity contribution in [2.45, 2.75) is 13.3 Å². The number of furan rings is 1. The highest BCUT2D eigenvalue weighted by Gasteiger charge is 2.10. The maximum Gasteiger partial charge on any atom is 0.291 e. The van der Waals surface area contributed by atoms with Gasteiger partial charge in [-0.2, -0.15) is 0 Å². The summed E-state index contributed by atoms with van der Waals surface area (Å²) in [5.41, 5.74) is 0.613. The predicted molar refractivity (Wildman–Crippen MR) is 64.1 cm³/mol. The van der Waals surface area contributed by atoms with Gasteiger partial charge >= 0.3 is 0 Å². The Balaban J connectivity index is 2.08. The van der Waals surface area contributed by atoms with Gasteiger partial charge in [-0.1, -0.05) is 6.92 Å². The molecule has 1 aromatic heterocycles. The molecule has 0 aliphatic rings. The van der Waals surface area contributed by atoms with Crippen LogP contribution >= 0.6 is 0 Å². The van der Waals surface area contributed by atoms with Crippen molar-refractivity contribution in [3.05, 3.63) is 47.9 Å². The van der Waals surface area contributed by atoms with Crippen LogP contribution in [0.5, 0.6) is 5.75 Å². The number of hydrogen-bond acceptors (Lipinski definition) is 3. The summed E-state index contributed by atoms with van der Waals surface area (Å²) in [6.07, 6.45) is 0.756. The topological polar surface area (TPSA) is 62.5 Å². The zero-order valence-corrected chi connectivity index (χ0v) is 9.43. The highest BCUT2D eigenvalue weighted by atomic mass is 16.3. The first-order valence-electron chi connectivity index (χ1n) is 5.38. The number of amides is 1. The summed E-state index contributed by atoms with van der Waals surface area (Å²) in [7, 11) is 0. The number of aryl methyl sites for hydroxylation is 1. The van der Waals surface area contributed by atoms with Crippen LogP contribution < -0.4 is 5.32 Å². The Morgan fingerprint density at radius 3 is 2.53 bits per heavy atom. The molecule has 0 spiro atoms. The molecule has 1 aromatic carbocycles. The van der Waals surface area contributed by atoms with Crippen LogP contribution in [0.1, 0.15) is 23.2 Å². The van der Waals surface area contributed by atoms with E-state index >= 15 is 0 Å². The van der Waals surface area contributed by atoms with Crippen LogP contribution in [0.25, 0.3) is 0 Å². The molecule has 4 heteroatoms. The average Bonchev–Trinajstić information content (AvgIpc) is 2.81. The van der Waals surface area contributed by atoms with Gasteiger partial charge in [0.05, 0.1) is 0 Å². The Bertz CT molecular complexity index is 514. The second kappa shape index (κ2) is 4.74. The number of hydrogen-bond donors (Lipinski definition) is 2. The Hall–Kier alpha value is -2.23. The lowest BCUT2D eigenvalue weighted by Gasteiger charge is -2.02. The summed E-state index contributed by atoms with van der Waals surface area (Å²) in [5.74, 6) is 0.931. The van der Waals surface area contributed by atoms with Crippen LogP contribution in [0, 0.1) is 0 Å². The maximum atomic E-state index is 11.8. The first kappa shape index (κ1) is 11.3. The monoisotopic (exact) mass is 231 g/mol. The van der Waals surface area contributed by atoms with Crippen LogP contribution in [-0.2, 0) is 6.42 Å². The lowest BCUT2D eigenvalue weighted by atomic mass is 10.3. The zero-order valence-electron chi connectivity index (χ0n) is 9.43. The van der Waals surface area contributed by atoms with Gasteiger partial charge in [0, 0.05) is 12.1 Å². The number of aromatic hydroxyl groups is 1. The van der Waals surface area contributed by atoms with Crippen molar-refractivity contribution in [1.82, 2.24) is 0 Å². The van der Waals surface area contributed by atoms with Crippen LogP contribution in [-0.4, -0.2) is 11.0 Å². The number of nitrogens with one attached hydrogen (secondary N) is 1. The van der Waals surface area contributed by atoms with Crippen LogP contribution in [0.2, 0.25) is 0 Å². The lowest BCUT2D eigenvalue weighted by Crippen LogP contribution is -2.10. The fourth-order valence-electron chi connectivity index (χ4n) is 1.43. The molecular weight excluding hydrogens is 218 g/mol. The van der Waals surface area contributed by atoms with Crippen molar-refractivity contribution < 1.29 is 14.3 Å². The minimum atomic E-state index is -0.296. The minimum Gasteiger partial charge on any atom is -0.508 e. The summed E-state index contributed by atoms with van der Waals surface area (Å²) >= 11 is 0. The smallest absolute Gasteiger partial charge is 0.291 e. The summed E-state index contributed by atoms with van der Waals surface area (Å²) in [4.78, 5) is 11.8. The molecule has 0 radical (unpaired) electrons. The molecule has 2 rings (SSSR count). The molecule has 0 fully saturated rings. The second-order valence-electron chi connectivity index (χ2n) is 3.62. The molecule has 2 aromatic rings. The Morgan fingerprint density at radius 2 is 1.94 bits per heavy atom. The number of rotatable bonds is 3. The Labute approximate surface area is 98.9 Å². The van der Waals surface area contributed by atoms with E-state index in [4.69, 9.17) is 9.52 Å². The highest BCUT2D eigenvalue weighted by Crippen LogP contribution is 2.15. The fraction of sp³-hybridized carbons (Fsp3) is 0.154. The predicted octanol–water partition coefficient (Wildman–Crippen LogP) is 2.80. The summed E-state index contributed by atoms with van der Waals surface area (Å²) in [6.45, 7) is 1.96. The normalized spacial score (nSPS) is 10.2. The van der Waals surface area contributed by atoms with Crippen molar-refractivity contribution in [2.75, 3.05) is 5.32 Å². The SMILES string of the molecule is CCc1ccc(C(=O)Nc2ccc(O)cc2)o1. The Kier molecular flexibility index (Phi) is 3.14. The fourth-order valence-corrected chi connectivity index (χ4v) is 1.43. The summed E-state index contributed by atoms with van der Waals surface area (Å²) in [6, 6.07) is 9.69. The molecule has 1 heterocycles. The molecule has 0 unspecified atom stereocenters. The van der Waals surface area contributed by atoms with E-state index < -0.39 is 0 Å². The van der Waals surface area contributed by atoms with Crippen LogP contribution in [0.15, 0.2) is 40.8 Å². The quantitative estimate of drug-likeness (QED) is 0.798. The molecule has 0 aliphatic heterocycles. The van der Waals surface area contributed by atoms with Gasteiger partial charge in [0.1, 0.15) is 11.5 Å². The molecule has 0 atom stereocenters. The zero-order chi connectivity index (χ0) is 12.3. The first-order chi connectivity index (χ1) is 8.19. The van der Waals surface area contributed by atoms with Crippen molar-refractivity contribution in [3.63, 3.8) is 0 Å². The molecule has 88 valence electrons. The van der Waals surface area contributed by atoms with E-state index in [0.29, 0.717) is 5.69 Å². The van der Waals surface area contributed by atoms with Gasteiger partial charge in [-0.25, -0.2) is 0 Å². The van der Waals surface area contributed by atoms with Gasteiger partial charge in [-0.05, 0) is 36.4 Å². The molecule has 17 heavy (non-hydrogen) atoms. The van der Waals surface area contributed by atoms with Crippen molar-refractivity contribution in [1.29, 1.82) is 0 Å². The average molecular weight is 231 g/mol. The third kappa shape index (κ3) is 2.66. The van der Waals surface area contributed by atoms with Crippen LogP contribution in [0.4, 0.5) is 5.69 Å². The van der Waals surface area contributed by atoms with E-state index in [0.717, 1.165) is 12.2 Å². The minimum absolute atomic E-state index is 0.161. The van der Waals surface area contributed by atoms with Gasteiger partial charge in [-0.3, -0.25) is 4.79 Å². The molecule has 2 N–H and O–H groups in total. The standard InChI is InChI=1S/C13H13NO3/c1-2-11-7-8-12(17-11)13(16)14-9-3-5-10(15)6-4-9/h3-8,15H,2H2,1H3,(H,14,16). The summed E-state index contributed by atoms with van der Waals surface area (Å²) < 4.78 is 5.33. The highest BCUT2D eigenvalue weighted by molar-refractivity contribution is 6.02.